The monoisotopic (exact) mass is 482 g/mol. The first-order chi connectivity index (χ1) is 17.0. The Kier molecular flexibility index (Phi) is 8.75. The van der Waals surface area contributed by atoms with E-state index in [1.54, 1.807) is 18.2 Å². The summed E-state index contributed by atoms with van der Waals surface area (Å²) in [5, 5.41) is 0. The van der Waals surface area contributed by atoms with Crippen LogP contribution in [0.4, 0.5) is 13.2 Å². The van der Waals surface area contributed by atoms with Gasteiger partial charge >= 0.3 is 0 Å². The van der Waals surface area contributed by atoms with Crippen LogP contribution in [0.5, 0.6) is 5.75 Å². The summed E-state index contributed by atoms with van der Waals surface area (Å²) in [6, 6.07) is 8.59. The van der Waals surface area contributed by atoms with Crippen molar-refractivity contribution < 1.29 is 17.9 Å². The molecule has 0 unspecified atom stereocenters. The van der Waals surface area contributed by atoms with E-state index in [0.717, 1.165) is 51.4 Å². The molecule has 0 heterocycles. The van der Waals surface area contributed by atoms with Crippen LogP contribution in [-0.2, 0) is 0 Å². The van der Waals surface area contributed by atoms with Gasteiger partial charge in [0.15, 0.2) is 11.6 Å². The number of allylic oxidation sites excluding steroid dienone is 1. The first-order valence-electron chi connectivity index (χ1n) is 13.2. The SMILES string of the molecule is C=CCCOc1ccc(/C=C/C2CCC(c3ccc(C4CCC(C)CC4)c(F)c3F)CC2)c(F)c1. The van der Waals surface area contributed by atoms with Crippen molar-refractivity contribution in [3.8, 4) is 5.75 Å². The molecule has 2 fully saturated rings. The van der Waals surface area contributed by atoms with Gasteiger partial charge in [-0.1, -0.05) is 50.1 Å². The summed E-state index contributed by atoms with van der Waals surface area (Å²) in [6.45, 7) is 6.36. The zero-order valence-corrected chi connectivity index (χ0v) is 20.7. The molecule has 0 aromatic heterocycles. The molecule has 4 rings (SSSR count). The molecule has 2 aliphatic carbocycles. The van der Waals surface area contributed by atoms with Crippen molar-refractivity contribution in [3.05, 3.63) is 83.2 Å². The highest BCUT2D eigenvalue weighted by molar-refractivity contribution is 5.52. The third kappa shape index (κ3) is 6.39. The first-order valence-corrected chi connectivity index (χ1v) is 13.2. The fourth-order valence-electron chi connectivity index (χ4n) is 5.64. The average Bonchev–Trinajstić information content (AvgIpc) is 2.86. The van der Waals surface area contributed by atoms with Crippen LogP contribution in [0.3, 0.4) is 0 Å². The Morgan fingerprint density at radius 3 is 2.03 bits per heavy atom. The second-order valence-corrected chi connectivity index (χ2v) is 10.4. The summed E-state index contributed by atoms with van der Waals surface area (Å²) in [7, 11) is 0. The number of ether oxygens (including phenoxy) is 1. The Balaban J connectivity index is 1.33. The number of rotatable bonds is 8. The Hall–Kier alpha value is -2.49. The molecule has 0 bridgehead atoms. The van der Waals surface area contributed by atoms with Gasteiger partial charge in [-0.15, -0.1) is 6.58 Å². The lowest BCUT2D eigenvalue weighted by molar-refractivity contribution is 0.323. The van der Waals surface area contributed by atoms with E-state index in [4.69, 9.17) is 4.74 Å². The maximum atomic E-state index is 15.1. The van der Waals surface area contributed by atoms with Crippen molar-refractivity contribution in [2.75, 3.05) is 6.61 Å². The molecule has 188 valence electrons. The van der Waals surface area contributed by atoms with Crippen molar-refractivity contribution in [1.29, 1.82) is 0 Å². The normalized spacial score (nSPS) is 25.0. The van der Waals surface area contributed by atoms with E-state index >= 15 is 8.78 Å². The molecule has 2 aliphatic rings. The van der Waals surface area contributed by atoms with E-state index in [-0.39, 0.29) is 17.7 Å². The summed E-state index contributed by atoms with van der Waals surface area (Å²) in [4.78, 5) is 0. The molecule has 0 N–H and O–H groups in total. The van der Waals surface area contributed by atoms with Crippen LogP contribution in [0.2, 0.25) is 0 Å². The predicted molar refractivity (Wildman–Crippen MR) is 137 cm³/mol. The Bertz CT molecular complexity index is 1030. The van der Waals surface area contributed by atoms with Gasteiger partial charge in [-0.25, -0.2) is 13.2 Å². The minimum atomic E-state index is -0.641. The van der Waals surface area contributed by atoms with Gasteiger partial charge in [0.1, 0.15) is 11.6 Å². The van der Waals surface area contributed by atoms with E-state index in [9.17, 15) is 4.39 Å². The highest BCUT2D eigenvalue weighted by Gasteiger charge is 2.28. The fourth-order valence-corrected chi connectivity index (χ4v) is 5.64. The van der Waals surface area contributed by atoms with Crippen LogP contribution < -0.4 is 4.74 Å². The van der Waals surface area contributed by atoms with Crippen LogP contribution in [0.1, 0.15) is 93.2 Å². The fraction of sp³-hybridized carbons (Fsp3) is 0.484. The zero-order valence-electron chi connectivity index (χ0n) is 20.7. The third-order valence-electron chi connectivity index (χ3n) is 7.92. The lowest BCUT2D eigenvalue weighted by Gasteiger charge is -2.29. The van der Waals surface area contributed by atoms with Crippen molar-refractivity contribution >= 4 is 6.08 Å². The van der Waals surface area contributed by atoms with E-state index in [0.29, 0.717) is 47.3 Å². The standard InChI is InChI=1S/C31H37F3O/c1-3-4-19-35-26-16-15-25(29(32)20-26)14-9-22-7-12-24(13-8-22)28-18-17-27(30(33)31(28)34)23-10-5-21(2)6-11-23/h3,9,14-18,20-24H,1,4-8,10-13,19H2,2H3/b14-9+. The smallest absolute Gasteiger partial charge is 0.162 e. The van der Waals surface area contributed by atoms with E-state index in [1.165, 1.54) is 6.07 Å². The summed E-state index contributed by atoms with van der Waals surface area (Å²) in [5.74, 6) is 0.109. The lowest BCUT2D eigenvalue weighted by atomic mass is 9.76. The molecule has 2 saturated carbocycles. The first kappa shape index (κ1) is 25.6. The topological polar surface area (TPSA) is 9.23 Å². The number of hydrogen-bond acceptors (Lipinski definition) is 1. The van der Waals surface area contributed by atoms with Crippen LogP contribution in [0.15, 0.2) is 49.1 Å². The van der Waals surface area contributed by atoms with Gasteiger partial charge in [0.25, 0.3) is 0 Å². The van der Waals surface area contributed by atoms with Gasteiger partial charge in [0, 0.05) is 11.6 Å². The molecule has 0 atom stereocenters. The van der Waals surface area contributed by atoms with Crippen LogP contribution in [0.25, 0.3) is 6.08 Å². The average molecular weight is 483 g/mol. The number of benzene rings is 2. The van der Waals surface area contributed by atoms with E-state index in [2.05, 4.69) is 19.6 Å². The molecule has 2 aromatic carbocycles. The third-order valence-corrected chi connectivity index (χ3v) is 7.92. The second kappa shape index (κ2) is 12.0. The summed E-state index contributed by atoms with van der Waals surface area (Å²) in [5.41, 5.74) is 1.62. The number of halogens is 3. The maximum absolute atomic E-state index is 15.1. The molecule has 4 heteroatoms. The van der Waals surface area contributed by atoms with Crippen molar-refractivity contribution in [2.24, 2.45) is 11.8 Å². The van der Waals surface area contributed by atoms with Gasteiger partial charge in [0.2, 0.25) is 0 Å². The summed E-state index contributed by atoms with van der Waals surface area (Å²) >= 11 is 0. The molecule has 1 nitrogen and oxygen atoms in total. The Morgan fingerprint density at radius 1 is 0.857 bits per heavy atom. The van der Waals surface area contributed by atoms with Gasteiger partial charge in [0.05, 0.1) is 6.61 Å². The Labute approximate surface area is 208 Å². The molecule has 35 heavy (non-hydrogen) atoms. The molecule has 0 radical (unpaired) electrons. The van der Waals surface area contributed by atoms with Gasteiger partial charge in [-0.05, 0) is 91.9 Å². The number of hydrogen-bond donors (Lipinski definition) is 0. The van der Waals surface area contributed by atoms with Gasteiger partial charge in [-0.3, -0.25) is 0 Å². The molecule has 0 amide bonds. The lowest BCUT2D eigenvalue weighted by Crippen LogP contribution is -2.16. The van der Waals surface area contributed by atoms with Crippen molar-refractivity contribution in [1.82, 2.24) is 0 Å². The molecular weight excluding hydrogens is 445 g/mol. The molecule has 2 aromatic rings. The zero-order chi connectivity index (χ0) is 24.8. The van der Waals surface area contributed by atoms with E-state index < -0.39 is 11.6 Å². The van der Waals surface area contributed by atoms with Crippen LogP contribution in [0, 0.1) is 29.3 Å². The van der Waals surface area contributed by atoms with Crippen molar-refractivity contribution in [2.45, 2.75) is 76.5 Å². The van der Waals surface area contributed by atoms with Crippen LogP contribution >= 0.6 is 0 Å². The minimum absolute atomic E-state index is 0.0401. The predicted octanol–water partition coefficient (Wildman–Crippen LogP) is 9.34. The Morgan fingerprint density at radius 2 is 1.46 bits per heavy atom. The van der Waals surface area contributed by atoms with Gasteiger partial charge < -0.3 is 4.74 Å². The second-order valence-electron chi connectivity index (χ2n) is 10.4. The molecule has 0 aliphatic heterocycles. The van der Waals surface area contributed by atoms with E-state index in [1.807, 2.05) is 18.2 Å². The molecule has 0 saturated heterocycles. The maximum Gasteiger partial charge on any atom is 0.162 e. The highest BCUT2D eigenvalue weighted by Crippen LogP contribution is 2.41. The minimum Gasteiger partial charge on any atom is -0.493 e. The highest BCUT2D eigenvalue weighted by atomic mass is 19.2. The summed E-state index contributed by atoms with van der Waals surface area (Å²) < 4.78 is 50.0. The van der Waals surface area contributed by atoms with Crippen molar-refractivity contribution in [3.63, 3.8) is 0 Å². The summed E-state index contributed by atoms with van der Waals surface area (Å²) in [6.07, 6.45) is 13.8. The molecule has 0 spiro atoms. The quantitative estimate of drug-likeness (QED) is 0.269. The van der Waals surface area contributed by atoms with Crippen LogP contribution in [-0.4, -0.2) is 6.61 Å². The van der Waals surface area contributed by atoms with Gasteiger partial charge in [-0.2, -0.15) is 0 Å². The molecular formula is C31H37F3O. The largest absolute Gasteiger partial charge is 0.493 e.